The third-order valence-electron chi connectivity index (χ3n) is 5.51. The maximum atomic E-state index is 12.5. The van der Waals surface area contributed by atoms with Crippen molar-refractivity contribution in [2.75, 3.05) is 18.9 Å². The Kier molecular flexibility index (Phi) is 8.36. The van der Waals surface area contributed by atoms with E-state index in [1.165, 1.54) is 13.3 Å². The zero-order valence-corrected chi connectivity index (χ0v) is 21.0. The van der Waals surface area contributed by atoms with Gasteiger partial charge in [-0.3, -0.25) is 23.9 Å². The number of rotatable bonds is 12. The molecular formula is C21H30N6O7P+. The molecule has 1 fully saturated rings. The quantitative estimate of drug-likeness (QED) is 0.281. The molecule has 2 aromatic heterocycles. The predicted octanol–water partition coefficient (Wildman–Crippen LogP) is 1.88. The summed E-state index contributed by atoms with van der Waals surface area (Å²) in [5, 5.41) is 2.60. The number of fused-ring (bicyclic) bond motifs is 1. The highest BCUT2D eigenvalue weighted by Crippen LogP contribution is 2.54. The van der Waals surface area contributed by atoms with Crippen LogP contribution in [-0.2, 0) is 28.2 Å². The van der Waals surface area contributed by atoms with Crippen LogP contribution >= 0.6 is 8.18 Å². The first-order chi connectivity index (χ1) is 16.5. The normalized spacial score (nSPS) is 20.5. The number of hydrogen-bond acceptors (Lipinski definition) is 10. The lowest BCUT2D eigenvalue weighted by atomic mass is 10.1. The molecule has 0 aliphatic heterocycles. The number of imidazole rings is 1. The van der Waals surface area contributed by atoms with Gasteiger partial charge in [0.05, 0.1) is 11.5 Å². The first-order valence-electron chi connectivity index (χ1n) is 11.2. The highest BCUT2D eigenvalue weighted by Gasteiger charge is 2.52. The lowest BCUT2D eigenvalue weighted by Gasteiger charge is -2.14. The van der Waals surface area contributed by atoms with E-state index >= 15 is 0 Å². The first-order valence-corrected chi connectivity index (χ1v) is 12.4. The number of carbonyl (C=O) groups is 2. The van der Waals surface area contributed by atoms with Crippen molar-refractivity contribution in [3.05, 3.63) is 22.3 Å². The van der Waals surface area contributed by atoms with E-state index < -0.39 is 37.1 Å². The minimum absolute atomic E-state index is 0.00620. The molecule has 0 amide bonds. The van der Waals surface area contributed by atoms with Gasteiger partial charge in [0.15, 0.2) is 11.2 Å². The maximum absolute atomic E-state index is 12.5. The van der Waals surface area contributed by atoms with E-state index in [2.05, 4.69) is 20.0 Å². The number of carbonyl (C=O) groups excluding carboxylic acids is 2. The topological polar surface area (TPSA) is 181 Å². The molecule has 4 atom stereocenters. The highest BCUT2D eigenvalue weighted by atomic mass is 31.1. The van der Waals surface area contributed by atoms with Gasteiger partial charge in [0.2, 0.25) is 5.95 Å². The van der Waals surface area contributed by atoms with Crippen LogP contribution in [0.1, 0.15) is 47.0 Å². The van der Waals surface area contributed by atoms with Crippen LogP contribution in [0.2, 0.25) is 0 Å². The molecule has 0 bridgehead atoms. The second-order valence-corrected chi connectivity index (χ2v) is 9.62. The number of hydrogen-bond donors (Lipinski definition) is 3. The monoisotopic (exact) mass is 509 g/mol. The Morgan fingerprint density at radius 3 is 2.83 bits per heavy atom. The molecule has 1 saturated carbocycles. The van der Waals surface area contributed by atoms with E-state index in [1.807, 2.05) is 6.92 Å². The second-order valence-electron chi connectivity index (χ2n) is 8.58. The Morgan fingerprint density at radius 2 is 2.14 bits per heavy atom. The van der Waals surface area contributed by atoms with Crippen LogP contribution in [0.5, 0.6) is 0 Å². The van der Waals surface area contributed by atoms with E-state index in [0.717, 1.165) is 18.4 Å². The van der Waals surface area contributed by atoms with Gasteiger partial charge in [0.1, 0.15) is 25.6 Å². The summed E-state index contributed by atoms with van der Waals surface area (Å²) in [5.74, 6) is -1.04. The van der Waals surface area contributed by atoms with Crippen molar-refractivity contribution in [3.63, 3.8) is 0 Å². The SMILES string of the molecule is CCC[C@H](C)OC(=O)[C@H](C)N[P+](=O)OC[C@@]1(COC(C)=O)C/C1=C/n1cnc2c(=O)[nH]c(N)nc21. The van der Waals surface area contributed by atoms with Crippen LogP contribution in [0.15, 0.2) is 16.7 Å². The van der Waals surface area contributed by atoms with Gasteiger partial charge in [-0.25, -0.2) is 4.98 Å². The smallest absolute Gasteiger partial charge is 0.465 e. The summed E-state index contributed by atoms with van der Waals surface area (Å²) >= 11 is 0. The van der Waals surface area contributed by atoms with Crippen LogP contribution in [-0.4, -0.2) is 56.8 Å². The number of ether oxygens (including phenoxy) is 2. The maximum Gasteiger partial charge on any atom is 0.613 e. The van der Waals surface area contributed by atoms with Crippen molar-refractivity contribution >= 4 is 43.4 Å². The molecule has 1 aliphatic carbocycles. The minimum Gasteiger partial charge on any atom is -0.465 e. The van der Waals surface area contributed by atoms with E-state index in [-0.39, 0.29) is 36.4 Å². The van der Waals surface area contributed by atoms with Gasteiger partial charge in [-0.15, -0.1) is 4.52 Å². The molecule has 14 heteroatoms. The molecule has 2 aromatic rings. The van der Waals surface area contributed by atoms with Gasteiger partial charge in [0.25, 0.3) is 5.56 Å². The number of nitrogens with zero attached hydrogens (tertiary/aromatic N) is 3. The molecular weight excluding hydrogens is 479 g/mol. The molecule has 0 radical (unpaired) electrons. The molecule has 190 valence electrons. The summed E-state index contributed by atoms with van der Waals surface area (Å²) in [4.78, 5) is 46.1. The van der Waals surface area contributed by atoms with E-state index in [4.69, 9.17) is 19.7 Å². The van der Waals surface area contributed by atoms with E-state index in [0.29, 0.717) is 6.42 Å². The number of aromatic amines is 1. The van der Waals surface area contributed by atoms with Crippen molar-refractivity contribution in [2.24, 2.45) is 5.41 Å². The summed E-state index contributed by atoms with van der Waals surface area (Å²) < 4.78 is 30.0. The Balaban J connectivity index is 1.67. The number of aromatic nitrogens is 4. The molecule has 2 heterocycles. The summed E-state index contributed by atoms with van der Waals surface area (Å²) in [6.07, 6.45) is 4.98. The third-order valence-corrected chi connectivity index (χ3v) is 6.47. The lowest BCUT2D eigenvalue weighted by molar-refractivity contribution is -0.150. The fourth-order valence-corrected chi connectivity index (χ4v) is 4.33. The second kappa shape index (κ2) is 11.1. The van der Waals surface area contributed by atoms with Crippen LogP contribution in [0, 0.1) is 5.41 Å². The molecule has 3 rings (SSSR count). The number of nitrogens with two attached hydrogens (primary N) is 1. The molecule has 0 aromatic carbocycles. The van der Waals surface area contributed by atoms with Gasteiger partial charge >= 0.3 is 20.1 Å². The molecule has 35 heavy (non-hydrogen) atoms. The zero-order valence-electron chi connectivity index (χ0n) is 20.1. The van der Waals surface area contributed by atoms with Crippen molar-refractivity contribution in [2.45, 2.75) is 59.1 Å². The minimum atomic E-state index is -2.40. The fourth-order valence-electron chi connectivity index (χ4n) is 3.47. The Hall–Kier alpha value is -3.15. The average molecular weight is 509 g/mol. The number of esters is 2. The van der Waals surface area contributed by atoms with Crippen molar-refractivity contribution < 1.29 is 28.2 Å². The standard InChI is InChI=1S/C21H29N6O7P/c1-5-6-12(2)34-19(30)13(3)26-35(31)33-10-21(9-32-14(4)28)7-15(21)8-27-11-23-16-17(27)24-20(22)25-18(16)29/h8,11-13H,5-7,9-10H2,1-4H3,(H3-,22,24,25,26,29,31)/p+1/b15-8-/t12-,13-,21-/m0/s1. The number of nitrogen functional groups attached to an aromatic ring is 1. The van der Waals surface area contributed by atoms with Gasteiger partial charge in [-0.05, 0) is 36.8 Å². The van der Waals surface area contributed by atoms with Gasteiger partial charge < -0.3 is 15.2 Å². The van der Waals surface area contributed by atoms with Gasteiger partial charge in [-0.2, -0.15) is 4.98 Å². The predicted molar refractivity (Wildman–Crippen MR) is 127 cm³/mol. The molecule has 1 aliphatic rings. The van der Waals surface area contributed by atoms with E-state index in [1.54, 1.807) is 24.6 Å². The average Bonchev–Trinajstić information content (AvgIpc) is 3.31. The summed E-state index contributed by atoms with van der Waals surface area (Å²) in [6, 6.07) is -0.830. The van der Waals surface area contributed by atoms with Crippen LogP contribution in [0.3, 0.4) is 0 Å². The van der Waals surface area contributed by atoms with Crippen molar-refractivity contribution in [1.29, 1.82) is 0 Å². The zero-order chi connectivity index (χ0) is 25.8. The first kappa shape index (κ1) is 26.5. The highest BCUT2D eigenvalue weighted by molar-refractivity contribution is 7.36. The Labute approximate surface area is 202 Å². The number of anilines is 1. The van der Waals surface area contributed by atoms with Crippen molar-refractivity contribution in [1.82, 2.24) is 24.6 Å². The summed E-state index contributed by atoms with van der Waals surface area (Å²) in [6.45, 7) is 6.59. The Bertz CT molecular complexity index is 1210. The van der Waals surface area contributed by atoms with Crippen LogP contribution < -0.4 is 16.4 Å². The molecule has 13 nitrogen and oxygen atoms in total. The lowest BCUT2D eigenvalue weighted by Crippen LogP contribution is -2.33. The number of nitrogens with one attached hydrogen (secondary N) is 2. The third kappa shape index (κ3) is 6.71. The summed E-state index contributed by atoms with van der Waals surface area (Å²) in [5.41, 5.74) is 5.66. The Morgan fingerprint density at radius 1 is 1.40 bits per heavy atom. The fraction of sp³-hybridized carbons (Fsp3) is 0.571. The molecule has 0 saturated heterocycles. The molecule has 4 N–H and O–H groups in total. The largest absolute Gasteiger partial charge is 0.613 e. The van der Waals surface area contributed by atoms with Crippen LogP contribution in [0.4, 0.5) is 5.95 Å². The molecule has 0 spiro atoms. The molecule has 1 unspecified atom stereocenters. The number of H-pyrrole nitrogens is 1. The van der Waals surface area contributed by atoms with Gasteiger partial charge in [0, 0.05) is 13.1 Å². The summed E-state index contributed by atoms with van der Waals surface area (Å²) in [7, 11) is -2.40. The van der Waals surface area contributed by atoms with E-state index in [9.17, 15) is 18.9 Å². The van der Waals surface area contributed by atoms with Crippen LogP contribution in [0.25, 0.3) is 17.4 Å². The van der Waals surface area contributed by atoms with Gasteiger partial charge in [-0.1, -0.05) is 18.4 Å². The van der Waals surface area contributed by atoms with Crippen molar-refractivity contribution in [3.8, 4) is 0 Å².